The molecule has 1 saturated heterocycles. The number of nitrogen functional groups attached to an aromatic ring is 1. The molecule has 0 unspecified atom stereocenters. The molecule has 1 aliphatic heterocycles. The molecular formula is C18H19ClN2O4S. The molecule has 2 aromatic rings. The summed E-state index contributed by atoms with van der Waals surface area (Å²) in [5.74, 6) is 0.0219. The van der Waals surface area contributed by atoms with E-state index in [-0.39, 0.29) is 15.7 Å². The van der Waals surface area contributed by atoms with E-state index in [9.17, 15) is 8.42 Å². The van der Waals surface area contributed by atoms with Gasteiger partial charge in [-0.05, 0) is 25.1 Å². The van der Waals surface area contributed by atoms with E-state index in [1.807, 2.05) is 0 Å². The number of ether oxygens (including phenoxy) is 2. The molecule has 0 radical (unpaired) electrons. The molecule has 0 amide bonds. The number of nitrogens with two attached hydrogens (primary N) is 1. The summed E-state index contributed by atoms with van der Waals surface area (Å²) in [5.41, 5.74) is 7.50. The molecule has 1 aliphatic rings. The highest BCUT2D eigenvalue weighted by Gasteiger charge is 2.27. The molecule has 1 aromatic heterocycles. The molecule has 8 heteroatoms. The Labute approximate surface area is 157 Å². The lowest BCUT2D eigenvalue weighted by Gasteiger charge is -2.14. The standard InChI is InChI=1S/C18H19ClN2O4S/c1-3-14(18-24-9-10-25-18)16(19)15-11-12(2)21(17(15)20)26(22,23)13-7-5-4-6-8-13/h3-8,11,18H,1,9-10,20H2,2H3/b16-14-. The molecule has 6 nitrogen and oxygen atoms in total. The predicted molar refractivity (Wildman–Crippen MR) is 101 cm³/mol. The summed E-state index contributed by atoms with van der Waals surface area (Å²) < 4.78 is 37.9. The van der Waals surface area contributed by atoms with Crippen LogP contribution in [-0.4, -0.2) is 31.9 Å². The monoisotopic (exact) mass is 394 g/mol. The first-order chi connectivity index (χ1) is 12.4. The average Bonchev–Trinajstić information content (AvgIpc) is 3.24. The van der Waals surface area contributed by atoms with E-state index < -0.39 is 16.3 Å². The number of hydrogen-bond acceptors (Lipinski definition) is 5. The highest BCUT2D eigenvalue weighted by Crippen LogP contribution is 2.35. The van der Waals surface area contributed by atoms with Crippen LogP contribution < -0.4 is 5.73 Å². The van der Waals surface area contributed by atoms with Gasteiger partial charge in [-0.25, -0.2) is 12.4 Å². The van der Waals surface area contributed by atoms with E-state index in [0.29, 0.717) is 30.0 Å². The van der Waals surface area contributed by atoms with Crippen molar-refractivity contribution in [2.75, 3.05) is 18.9 Å². The summed E-state index contributed by atoms with van der Waals surface area (Å²) in [4.78, 5) is 0.142. The molecule has 2 N–H and O–H groups in total. The van der Waals surface area contributed by atoms with Crippen LogP contribution >= 0.6 is 11.6 Å². The van der Waals surface area contributed by atoms with Crippen molar-refractivity contribution in [3.63, 3.8) is 0 Å². The first kappa shape index (κ1) is 18.7. The molecule has 1 fully saturated rings. The van der Waals surface area contributed by atoms with Crippen molar-refractivity contribution in [2.24, 2.45) is 0 Å². The average molecular weight is 395 g/mol. The van der Waals surface area contributed by atoms with Crippen LogP contribution in [0.4, 0.5) is 5.82 Å². The number of benzene rings is 1. The van der Waals surface area contributed by atoms with Gasteiger partial charge in [-0.1, -0.05) is 42.5 Å². The van der Waals surface area contributed by atoms with Crippen molar-refractivity contribution in [3.8, 4) is 0 Å². The molecule has 138 valence electrons. The van der Waals surface area contributed by atoms with Crippen molar-refractivity contribution >= 4 is 32.5 Å². The van der Waals surface area contributed by atoms with Crippen LogP contribution in [0.25, 0.3) is 5.03 Å². The third kappa shape index (κ3) is 3.19. The molecule has 1 aromatic carbocycles. The summed E-state index contributed by atoms with van der Waals surface area (Å²) in [6.45, 7) is 6.29. The maximum absolute atomic E-state index is 13.0. The van der Waals surface area contributed by atoms with Gasteiger partial charge in [0.05, 0.1) is 23.1 Å². The fraction of sp³-hybridized carbons (Fsp3) is 0.222. The van der Waals surface area contributed by atoms with E-state index in [1.165, 1.54) is 18.2 Å². The zero-order valence-electron chi connectivity index (χ0n) is 14.2. The summed E-state index contributed by atoms with van der Waals surface area (Å²) in [7, 11) is -3.84. The summed E-state index contributed by atoms with van der Waals surface area (Å²) in [6.07, 6.45) is 0.879. The second kappa shape index (κ2) is 7.28. The normalized spacial score (nSPS) is 16.5. The van der Waals surface area contributed by atoms with Gasteiger partial charge in [0.15, 0.2) is 6.29 Å². The number of aromatic nitrogens is 1. The third-order valence-electron chi connectivity index (χ3n) is 4.04. The Bertz CT molecular complexity index is 959. The number of halogens is 1. The van der Waals surface area contributed by atoms with Crippen LogP contribution in [0.3, 0.4) is 0 Å². The Morgan fingerprint density at radius 2 is 1.92 bits per heavy atom. The van der Waals surface area contributed by atoms with E-state index in [1.54, 1.807) is 31.2 Å². The highest BCUT2D eigenvalue weighted by atomic mass is 35.5. The summed E-state index contributed by atoms with van der Waals surface area (Å²) >= 11 is 6.50. The van der Waals surface area contributed by atoms with Crippen LogP contribution in [0.15, 0.2) is 59.5 Å². The van der Waals surface area contributed by atoms with Crippen molar-refractivity contribution < 1.29 is 17.9 Å². The third-order valence-corrected chi connectivity index (χ3v) is 6.29. The van der Waals surface area contributed by atoms with Crippen LogP contribution in [0.1, 0.15) is 11.3 Å². The summed E-state index contributed by atoms with van der Waals surface area (Å²) in [6, 6.07) is 9.70. The van der Waals surface area contributed by atoms with Gasteiger partial charge < -0.3 is 15.2 Å². The Morgan fingerprint density at radius 1 is 1.31 bits per heavy atom. The zero-order valence-corrected chi connectivity index (χ0v) is 15.8. The molecule has 0 saturated carbocycles. The molecule has 3 rings (SSSR count). The number of aryl methyl sites for hydroxylation is 1. The second-order valence-corrected chi connectivity index (χ2v) is 7.88. The lowest BCUT2D eigenvalue weighted by Crippen LogP contribution is -2.17. The predicted octanol–water partition coefficient (Wildman–Crippen LogP) is 3.12. The Hall–Kier alpha value is -2.06. The van der Waals surface area contributed by atoms with Crippen LogP contribution in [-0.2, 0) is 19.5 Å². The van der Waals surface area contributed by atoms with Crippen LogP contribution in [0.5, 0.6) is 0 Å². The molecule has 0 aliphatic carbocycles. The molecule has 26 heavy (non-hydrogen) atoms. The van der Waals surface area contributed by atoms with Gasteiger partial charge in [-0.15, -0.1) is 0 Å². The summed E-state index contributed by atoms with van der Waals surface area (Å²) in [5, 5.41) is 0.245. The quantitative estimate of drug-likeness (QED) is 0.787. The van der Waals surface area contributed by atoms with Crippen molar-refractivity contribution in [2.45, 2.75) is 18.1 Å². The Morgan fingerprint density at radius 3 is 2.50 bits per heavy atom. The second-order valence-electron chi connectivity index (χ2n) is 5.71. The topological polar surface area (TPSA) is 83.6 Å². The maximum atomic E-state index is 13.0. The van der Waals surface area contributed by atoms with Crippen molar-refractivity contribution in [3.05, 3.63) is 65.9 Å². The van der Waals surface area contributed by atoms with E-state index >= 15 is 0 Å². The van der Waals surface area contributed by atoms with Gasteiger partial charge in [0.25, 0.3) is 10.0 Å². The lowest BCUT2D eigenvalue weighted by atomic mass is 10.1. The fourth-order valence-corrected chi connectivity index (χ4v) is 4.63. The lowest BCUT2D eigenvalue weighted by molar-refractivity contribution is -0.00767. The van der Waals surface area contributed by atoms with Crippen LogP contribution in [0.2, 0.25) is 0 Å². The van der Waals surface area contributed by atoms with Gasteiger partial charge >= 0.3 is 0 Å². The fourth-order valence-electron chi connectivity index (χ4n) is 2.82. The number of anilines is 1. The maximum Gasteiger partial charge on any atom is 0.269 e. The Balaban J connectivity index is 2.13. The smallest absolute Gasteiger partial charge is 0.269 e. The molecule has 0 spiro atoms. The first-order valence-corrected chi connectivity index (χ1v) is 9.74. The first-order valence-electron chi connectivity index (χ1n) is 7.92. The van der Waals surface area contributed by atoms with Crippen molar-refractivity contribution in [1.82, 2.24) is 3.97 Å². The minimum Gasteiger partial charge on any atom is -0.384 e. The van der Waals surface area contributed by atoms with E-state index in [4.69, 9.17) is 26.8 Å². The van der Waals surface area contributed by atoms with Crippen LogP contribution in [0, 0.1) is 6.92 Å². The van der Waals surface area contributed by atoms with Gasteiger partial charge in [-0.3, -0.25) is 0 Å². The molecule has 0 atom stereocenters. The van der Waals surface area contributed by atoms with E-state index in [2.05, 4.69) is 6.58 Å². The van der Waals surface area contributed by atoms with Crippen molar-refractivity contribution in [1.29, 1.82) is 0 Å². The van der Waals surface area contributed by atoms with Gasteiger partial charge in [0, 0.05) is 16.8 Å². The van der Waals surface area contributed by atoms with Gasteiger partial charge in [-0.2, -0.15) is 0 Å². The number of nitrogens with zero attached hydrogens (tertiary/aromatic N) is 1. The van der Waals surface area contributed by atoms with Gasteiger partial charge in [0.1, 0.15) is 5.82 Å². The minimum atomic E-state index is -3.84. The SMILES string of the molecule is C=C/C(=C(/Cl)c1cc(C)n(S(=O)(=O)c2ccccc2)c1N)C1OCCO1. The highest BCUT2D eigenvalue weighted by molar-refractivity contribution is 7.90. The largest absolute Gasteiger partial charge is 0.384 e. The Kier molecular flexibility index (Phi) is 5.24. The number of hydrogen-bond donors (Lipinski definition) is 1. The number of rotatable bonds is 5. The van der Waals surface area contributed by atoms with Gasteiger partial charge in [0.2, 0.25) is 0 Å². The minimum absolute atomic E-state index is 0.0219. The van der Waals surface area contributed by atoms with E-state index in [0.717, 1.165) is 3.97 Å². The zero-order chi connectivity index (χ0) is 18.9. The molecule has 2 heterocycles. The molecular weight excluding hydrogens is 376 g/mol. The molecule has 0 bridgehead atoms.